The first-order valence-corrected chi connectivity index (χ1v) is 8.63. The van der Waals surface area contributed by atoms with Gasteiger partial charge in [-0.15, -0.1) is 0 Å². The summed E-state index contributed by atoms with van der Waals surface area (Å²) in [4.78, 5) is 16.2. The minimum Gasteiger partial charge on any atom is -0.423 e. The lowest BCUT2D eigenvalue weighted by Gasteiger charge is -2.09. The largest absolute Gasteiger partial charge is 0.423 e. The molecule has 2 aromatic rings. The second kappa shape index (κ2) is 8.03. The number of thioether (sulfide) groups is 1. The highest BCUT2D eigenvalue weighted by Crippen LogP contribution is 2.23. The topological polar surface area (TPSA) is 54.6 Å². The Morgan fingerprint density at radius 1 is 1.27 bits per heavy atom. The molecule has 0 fully saturated rings. The Bertz CT molecular complexity index is 722. The number of fused-ring (bicyclic) bond motifs is 1. The predicted molar refractivity (Wildman–Crippen MR) is 94.8 cm³/mol. The predicted octanol–water partition coefficient (Wildman–Crippen LogP) is 3.57. The van der Waals surface area contributed by atoms with Gasteiger partial charge in [0, 0.05) is 30.3 Å². The van der Waals surface area contributed by atoms with Crippen LogP contribution in [0.1, 0.15) is 31.9 Å². The minimum absolute atomic E-state index is 0.297. The standard InChI is InChI=1S/C17H22N2O2S/c1-4-12-7-8-14-13(10-16(20)21-15(14)9-12)11-22-17(18-5-2)19-6-3/h7-10H,4-6,11H2,1-3H3,(H,18,19). The van der Waals surface area contributed by atoms with E-state index in [0.717, 1.165) is 35.6 Å². The zero-order valence-electron chi connectivity index (χ0n) is 13.3. The summed E-state index contributed by atoms with van der Waals surface area (Å²) in [5.41, 5.74) is 2.52. The van der Waals surface area contributed by atoms with Crippen LogP contribution in [0.4, 0.5) is 0 Å². The van der Waals surface area contributed by atoms with Crippen molar-refractivity contribution in [3.05, 3.63) is 45.8 Å². The van der Waals surface area contributed by atoms with Crippen molar-refractivity contribution in [3.63, 3.8) is 0 Å². The fourth-order valence-corrected chi connectivity index (χ4v) is 3.21. The summed E-state index contributed by atoms with van der Waals surface area (Å²) in [6.07, 6.45) is 0.923. The van der Waals surface area contributed by atoms with E-state index in [-0.39, 0.29) is 5.63 Å². The van der Waals surface area contributed by atoms with Gasteiger partial charge in [0.1, 0.15) is 5.58 Å². The molecule has 4 nitrogen and oxygen atoms in total. The van der Waals surface area contributed by atoms with E-state index in [1.165, 1.54) is 5.56 Å². The van der Waals surface area contributed by atoms with E-state index >= 15 is 0 Å². The minimum atomic E-state index is -0.297. The number of rotatable bonds is 5. The summed E-state index contributed by atoms with van der Waals surface area (Å²) in [5, 5.41) is 5.16. The lowest BCUT2D eigenvalue weighted by molar-refractivity contribution is 0.559. The highest BCUT2D eigenvalue weighted by atomic mass is 32.2. The zero-order valence-corrected chi connectivity index (χ0v) is 14.1. The van der Waals surface area contributed by atoms with Gasteiger partial charge in [-0.2, -0.15) is 0 Å². The van der Waals surface area contributed by atoms with Gasteiger partial charge in [0.05, 0.1) is 0 Å². The summed E-state index contributed by atoms with van der Waals surface area (Å²) in [6, 6.07) is 7.66. The number of hydrogen-bond donors (Lipinski definition) is 1. The van der Waals surface area contributed by atoms with Crippen LogP contribution in [-0.4, -0.2) is 18.3 Å². The van der Waals surface area contributed by atoms with Crippen LogP contribution in [0.25, 0.3) is 11.0 Å². The zero-order chi connectivity index (χ0) is 15.9. The molecule has 0 aliphatic carbocycles. The van der Waals surface area contributed by atoms with Gasteiger partial charge in [-0.1, -0.05) is 30.8 Å². The summed E-state index contributed by atoms with van der Waals surface area (Å²) in [6.45, 7) is 7.72. The number of aryl methyl sites for hydroxylation is 1. The van der Waals surface area contributed by atoms with Crippen molar-refractivity contribution in [2.45, 2.75) is 32.9 Å². The molecule has 1 aromatic heterocycles. The van der Waals surface area contributed by atoms with Gasteiger partial charge >= 0.3 is 5.63 Å². The van der Waals surface area contributed by atoms with Crippen LogP contribution in [0.3, 0.4) is 0 Å². The molecule has 1 heterocycles. The highest BCUT2D eigenvalue weighted by molar-refractivity contribution is 8.13. The van der Waals surface area contributed by atoms with Crippen molar-refractivity contribution in [2.75, 3.05) is 13.1 Å². The SMILES string of the molecule is CCN=C(NCC)SCc1cc(=O)oc2cc(CC)ccc12. The van der Waals surface area contributed by atoms with Gasteiger partial charge in [0.2, 0.25) is 0 Å². The Kier molecular flexibility index (Phi) is 6.07. The van der Waals surface area contributed by atoms with Crippen molar-refractivity contribution in [1.29, 1.82) is 0 Å². The van der Waals surface area contributed by atoms with Crippen LogP contribution in [0.2, 0.25) is 0 Å². The third-order valence-corrected chi connectivity index (χ3v) is 4.30. The molecule has 0 atom stereocenters. The Hall–Kier alpha value is -1.75. The second-order valence-corrected chi connectivity index (χ2v) is 5.84. The molecule has 0 unspecified atom stereocenters. The number of nitrogens with zero attached hydrogens (tertiary/aromatic N) is 1. The van der Waals surface area contributed by atoms with Gasteiger partial charge < -0.3 is 9.73 Å². The molecule has 22 heavy (non-hydrogen) atoms. The van der Waals surface area contributed by atoms with Crippen molar-refractivity contribution < 1.29 is 4.42 Å². The quantitative estimate of drug-likeness (QED) is 0.520. The van der Waals surface area contributed by atoms with E-state index in [0.29, 0.717) is 11.3 Å². The maximum Gasteiger partial charge on any atom is 0.336 e. The molecule has 0 saturated heterocycles. The van der Waals surface area contributed by atoms with Gasteiger partial charge in [0.25, 0.3) is 0 Å². The Morgan fingerprint density at radius 3 is 2.77 bits per heavy atom. The number of aliphatic imine (C=N–C) groups is 1. The van der Waals surface area contributed by atoms with E-state index in [1.807, 2.05) is 26.0 Å². The summed E-state index contributed by atoms with van der Waals surface area (Å²) < 4.78 is 5.34. The third-order valence-electron chi connectivity index (χ3n) is 3.30. The van der Waals surface area contributed by atoms with Gasteiger partial charge in [-0.25, -0.2) is 4.79 Å². The molecule has 0 aliphatic rings. The molecule has 5 heteroatoms. The fourth-order valence-electron chi connectivity index (χ4n) is 2.21. The Morgan fingerprint density at radius 2 is 2.09 bits per heavy atom. The monoisotopic (exact) mass is 318 g/mol. The molecule has 0 bridgehead atoms. The maximum absolute atomic E-state index is 11.8. The van der Waals surface area contributed by atoms with Crippen molar-refractivity contribution in [2.24, 2.45) is 4.99 Å². The summed E-state index contributed by atoms with van der Waals surface area (Å²) in [5.74, 6) is 0.694. The lowest BCUT2D eigenvalue weighted by Crippen LogP contribution is -2.20. The van der Waals surface area contributed by atoms with E-state index in [9.17, 15) is 4.79 Å². The van der Waals surface area contributed by atoms with Crippen molar-refractivity contribution >= 4 is 27.9 Å². The van der Waals surface area contributed by atoms with Gasteiger partial charge in [0.15, 0.2) is 5.17 Å². The second-order valence-electron chi connectivity index (χ2n) is 4.87. The van der Waals surface area contributed by atoms with Gasteiger partial charge in [-0.05, 0) is 37.5 Å². The molecule has 0 spiro atoms. The van der Waals surface area contributed by atoms with E-state index < -0.39 is 0 Å². The van der Waals surface area contributed by atoms with Crippen molar-refractivity contribution in [1.82, 2.24) is 5.32 Å². The molecule has 0 saturated carbocycles. The third kappa shape index (κ3) is 4.13. The average molecular weight is 318 g/mol. The van der Waals surface area contributed by atoms with Crippen molar-refractivity contribution in [3.8, 4) is 0 Å². The first kappa shape index (κ1) is 16.6. The molecule has 1 aromatic carbocycles. The smallest absolute Gasteiger partial charge is 0.336 e. The molecular weight excluding hydrogens is 296 g/mol. The molecule has 0 radical (unpaired) electrons. The number of nitrogens with one attached hydrogen (secondary N) is 1. The Labute approximate surface area is 135 Å². The summed E-state index contributed by atoms with van der Waals surface area (Å²) >= 11 is 1.62. The molecule has 118 valence electrons. The van der Waals surface area contributed by atoms with E-state index in [2.05, 4.69) is 23.3 Å². The first-order valence-electron chi connectivity index (χ1n) is 7.64. The molecule has 2 rings (SSSR count). The van der Waals surface area contributed by atoms with Crippen LogP contribution in [0.15, 0.2) is 38.5 Å². The first-order chi connectivity index (χ1) is 10.7. The lowest BCUT2D eigenvalue weighted by atomic mass is 10.1. The Balaban J connectivity index is 2.30. The molecular formula is C17H22N2O2S. The van der Waals surface area contributed by atoms with Crippen LogP contribution < -0.4 is 10.9 Å². The van der Waals surface area contributed by atoms with Crippen LogP contribution >= 0.6 is 11.8 Å². The number of benzene rings is 1. The van der Waals surface area contributed by atoms with Crippen LogP contribution in [-0.2, 0) is 12.2 Å². The molecule has 0 amide bonds. The summed E-state index contributed by atoms with van der Waals surface area (Å²) in [7, 11) is 0. The number of hydrogen-bond acceptors (Lipinski definition) is 4. The van der Waals surface area contributed by atoms with Crippen LogP contribution in [0.5, 0.6) is 0 Å². The fraction of sp³-hybridized carbons (Fsp3) is 0.412. The highest BCUT2D eigenvalue weighted by Gasteiger charge is 2.08. The molecule has 0 aliphatic heterocycles. The maximum atomic E-state index is 11.8. The normalized spacial score (nSPS) is 11.9. The van der Waals surface area contributed by atoms with E-state index in [1.54, 1.807) is 17.8 Å². The van der Waals surface area contributed by atoms with Gasteiger partial charge in [-0.3, -0.25) is 4.99 Å². The average Bonchev–Trinajstić information content (AvgIpc) is 2.51. The molecule has 1 N–H and O–H groups in total. The van der Waals surface area contributed by atoms with E-state index in [4.69, 9.17) is 4.42 Å². The van der Waals surface area contributed by atoms with Crippen LogP contribution in [0, 0.1) is 0 Å². The number of amidine groups is 1.